The Bertz CT molecular complexity index is 248. The topological polar surface area (TPSA) is 38.9 Å². The van der Waals surface area contributed by atoms with E-state index in [2.05, 4.69) is 27.8 Å². The van der Waals surface area contributed by atoms with Gasteiger partial charge in [0, 0.05) is 12.7 Å². The van der Waals surface area contributed by atoms with Crippen molar-refractivity contribution in [2.24, 2.45) is 5.73 Å². The molecule has 1 aromatic rings. The van der Waals surface area contributed by atoms with Crippen molar-refractivity contribution in [2.45, 2.75) is 19.9 Å². The summed E-state index contributed by atoms with van der Waals surface area (Å²) in [5.74, 6) is 0. The van der Waals surface area contributed by atoms with Gasteiger partial charge in [-0.15, -0.1) is 0 Å². The van der Waals surface area contributed by atoms with E-state index in [9.17, 15) is 0 Å². The van der Waals surface area contributed by atoms with Crippen LogP contribution in [0, 0.1) is 0 Å². The molecule has 0 bridgehead atoms. The fourth-order valence-corrected chi connectivity index (χ4v) is 1.72. The Morgan fingerprint density at radius 2 is 2.36 bits per heavy atom. The molecule has 2 N–H and O–H groups in total. The Balaban J connectivity index is 3.13. The molecule has 1 heterocycles. The predicted molar refractivity (Wildman–Crippen MR) is 49.2 cm³/mol. The number of hydrogen-bond acceptors (Lipinski definition) is 2. The first-order valence-corrected chi connectivity index (χ1v) is 4.41. The normalized spacial score (nSPS) is 10.1. The van der Waals surface area contributed by atoms with Gasteiger partial charge in [-0.05, 0) is 39.5 Å². The van der Waals surface area contributed by atoms with E-state index < -0.39 is 0 Å². The van der Waals surface area contributed by atoms with Crippen LogP contribution in [-0.2, 0) is 13.0 Å². The molecule has 0 spiro atoms. The van der Waals surface area contributed by atoms with Gasteiger partial charge >= 0.3 is 0 Å². The highest BCUT2D eigenvalue weighted by Crippen LogP contribution is 2.17. The van der Waals surface area contributed by atoms with Gasteiger partial charge in [-0.2, -0.15) is 0 Å². The van der Waals surface area contributed by atoms with Crippen LogP contribution in [0.4, 0.5) is 0 Å². The third-order valence-electron chi connectivity index (χ3n) is 1.67. The van der Waals surface area contributed by atoms with Crippen LogP contribution in [0.5, 0.6) is 0 Å². The summed E-state index contributed by atoms with van der Waals surface area (Å²) in [6.45, 7) is 2.69. The van der Waals surface area contributed by atoms with Crippen LogP contribution < -0.4 is 5.73 Å². The van der Waals surface area contributed by atoms with Crippen molar-refractivity contribution in [3.8, 4) is 0 Å². The summed E-state index contributed by atoms with van der Waals surface area (Å²) in [7, 11) is 0. The predicted octanol–water partition coefficient (Wildman–Crippen LogP) is 1.87. The van der Waals surface area contributed by atoms with Crippen molar-refractivity contribution >= 4 is 15.9 Å². The molecule has 1 aromatic heterocycles. The SMILES string of the molecule is CCc1c(CN)ccnc1Br. The lowest BCUT2D eigenvalue weighted by molar-refractivity contribution is 0.971. The number of halogens is 1. The van der Waals surface area contributed by atoms with Crippen molar-refractivity contribution in [3.05, 3.63) is 28.0 Å². The molecule has 60 valence electrons. The fraction of sp³-hybridized carbons (Fsp3) is 0.375. The number of nitrogens with zero attached hydrogens (tertiary/aromatic N) is 1. The molecule has 0 aliphatic heterocycles. The van der Waals surface area contributed by atoms with Gasteiger partial charge in [0.2, 0.25) is 0 Å². The van der Waals surface area contributed by atoms with Crippen LogP contribution in [-0.4, -0.2) is 4.98 Å². The molecule has 0 unspecified atom stereocenters. The molecule has 0 saturated heterocycles. The summed E-state index contributed by atoms with van der Waals surface area (Å²) in [4.78, 5) is 4.12. The first-order chi connectivity index (χ1) is 5.29. The minimum Gasteiger partial charge on any atom is -0.326 e. The smallest absolute Gasteiger partial charge is 0.109 e. The van der Waals surface area contributed by atoms with Gasteiger partial charge in [0.25, 0.3) is 0 Å². The summed E-state index contributed by atoms with van der Waals surface area (Å²) in [5, 5.41) is 0. The molecule has 1 rings (SSSR count). The summed E-state index contributed by atoms with van der Waals surface area (Å²) < 4.78 is 0.919. The molecule has 0 atom stereocenters. The minimum absolute atomic E-state index is 0.588. The van der Waals surface area contributed by atoms with Crippen molar-refractivity contribution < 1.29 is 0 Å². The third kappa shape index (κ3) is 1.79. The lowest BCUT2D eigenvalue weighted by atomic mass is 10.1. The highest BCUT2D eigenvalue weighted by atomic mass is 79.9. The minimum atomic E-state index is 0.588. The van der Waals surface area contributed by atoms with E-state index in [-0.39, 0.29) is 0 Å². The molecule has 0 aliphatic rings. The van der Waals surface area contributed by atoms with Crippen molar-refractivity contribution in [2.75, 3.05) is 0 Å². The Hall–Kier alpha value is -0.410. The van der Waals surface area contributed by atoms with Crippen molar-refractivity contribution in [1.82, 2.24) is 4.98 Å². The Labute approximate surface area is 75.0 Å². The van der Waals surface area contributed by atoms with Gasteiger partial charge in [0.05, 0.1) is 0 Å². The zero-order chi connectivity index (χ0) is 8.27. The molecular weight excluding hydrogens is 204 g/mol. The first kappa shape index (κ1) is 8.68. The van der Waals surface area contributed by atoms with Crippen molar-refractivity contribution in [3.63, 3.8) is 0 Å². The van der Waals surface area contributed by atoms with Crippen LogP contribution in [0.3, 0.4) is 0 Å². The van der Waals surface area contributed by atoms with Gasteiger partial charge in [0.1, 0.15) is 4.60 Å². The number of hydrogen-bond donors (Lipinski definition) is 1. The summed E-state index contributed by atoms with van der Waals surface area (Å²) in [6.07, 6.45) is 2.74. The van der Waals surface area contributed by atoms with Gasteiger partial charge in [-0.3, -0.25) is 0 Å². The van der Waals surface area contributed by atoms with E-state index in [0.29, 0.717) is 6.54 Å². The largest absolute Gasteiger partial charge is 0.326 e. The molecule has 0 fully saturated rings. The van der Waals surface area contributed by atoms with Gasteiger partial charge in [-0.1, -0.05) is 6.92 Å². The molecule has 11 heavy (non-hydrogen) atoms. The van der Waals surface area contributed by atoms with Gasteiger partial charge in [0.15, 0.2) is 0 Å². The molecule has 0 saturated carbocycles. The molecule has 2 nitrogen and oxygen atoms in total. The molecule has 0 aliphatic carbocycles. The highest BCUT2D eigenvalue weighted by molar-refractivity contribution is 9.10. The van der Waals surface area contributed by atoms with Gasteiger partial charge < -0.3 is 5.73 Å². The van der Waals surface area contributed by atoms with Crippen LogP contribution >= 0.6 is 15.9 Å². The number of aromatic nitrogens is 1. The average Bonchev–Trinajstić information content (AvgIpc) is 2.04. The molecule has 0 aromatic carbocycles. The monoisotopic (exact) mass is 214 g/mol. The second-order valence-electron chi connectivity index (χ2n) is 2.30. The first-order valence-electron chi connectivity index (χ1n) is 3.62. The van der Waals surface area contributed by atoms with E-state index in [1.807, 2.05) is 6.07 Å². The standard InChI is InChI=1S/C8H11BrN2/c1-2-7-6(5-10)3-4-11-8(7)9/h3-4H,2,5,10H2,1H3. The maximum absolute atomic E-state index is 5.55. The highest BCUT2D eigenvalue weighted by Gasteiger charge is 2.02. The maximum atomic E-state index is 5.55. The zero-order valence-corrected chi connectivity index (χ0v) is 8.06. The fourth-order valence-electron chi connectivity index (χ4n) is 1.07. The van der Waals surface area contributed by atoms with E-state index in [1.165, 1.54) is 11.1 Å². The second-order valence-corrected chi connectivity index (χ2v) is 3.05. The molecule has 3 heteroatoms. The Morgan fingerprint density at radius 3 is 2.82 bits per heavy atom. The van der Waals surface area contributed by atoms with Crippen LogP contribution in [0.2, 0.25) is 0 Å². The maximum Gasteiger partial charge on any atom is 0.109 e. The number of nitrogens with two attached hydrogens (primary N) is 1. The molecule has 0 radical (unpaired) electrons. The van der Waals surface area contributed by atoms with Crippen LogP contribution in [0.25, 0.3) is 0 Å². The summed E-state index contributed by atoms with van der Waals surface area (Å²) in [5.41, 5.74) is 7.94. The van der Waals surface area contributed by atoms with Crippen LogP contribution in [0.1, 0.15) is 18.1 Å². The Kier molecular flexibility index (Phi) is 3.02. The van der Waals surface area contributed by atoms with E-state index in [0.717, 1.165) is 11.0 Å². The number of pyridine rings is 1. The molecular formula is C8H11BrN2. The number of rotatable bonds is 2. The summed E-state index contributed by atoms with van der Waals surface area (Å²) in [6, 6.07) is 1.96. The summed E-state index contributed by atoms with van der Waals surface area (Å²) >= 11 is 3.38. The second kappa shape index (κ2) is 3.83. The lowest BCUT2D eigenvalue weighted by Crippen LogP contribution is -2.02. The van der Waals surface area contributed by atoms with Crippen LogP contribution in [0.15, 0.2) is 16.9 Å². The lowest BCUT2D eigenvalue weighted by Gasteiger charge is -2.05. The van der Waals surface area contributed by atoms with E-state index in [1.54, 1.807) is 6.20 Å². The van der Waals surface area contributed by atoms with Gasteiger partial charge in [-0.25, -0.2) is 4.98 Å². The molecule has 0 amide bonds. The van der Waals surface area contributed by atoms with E-state index in [4.69, 9.17) is 5.73 Å². The van der Waals surface area contributed by atoms with E-state index >= 15 is 0 Å². The zero-order valence-electron chi connectivity index (χ0n) is 6.47. The third-order valence-corrected chi connectivity index (χ3v) is 2.36. The van der Waals surface area contributed by atoms with Crippen molar-refractivity contribution in [1.29, 1.82) is 0 Å². The Morgan fingerprint density at radius 1 is 1.64 bits per heavy atom. The average molecular weight is 215 g/mol. The quantitative estimate of drug-likeness (QED) is 0.764.